The van der Waals surface area contributed by atoms with E-state index in [4.69, 9.17) is 17.3 Å². The Morgan fingerprint density at radius 2 is 1.95 bits per heavy atom. The van der Waals surface area contributed by atoms with E-state index in [-0.39, 0.29) is 5.91 Å². The van der Waals surface area contributed by atoms with E-state index in [1.807, 2.05) is 32.0 Å². The van der Waals surface area contributed by atoms with Gasteiger partial charge in [-0.05, 0) is 31.5 Å². The normalized spacial score (nSPS) is 10.4. The maximum Gasteiger partial charge on any atom is 0.256 e. The molecule has 0 bridgehead atoms. The predicted octanol–water partition coefficient (Wildman–Crippen LogP) is 3.89. The average Bonchev–Trinajstić information content (AvgIpc) is 2.47. The number of benzene rings is 2. The van der Waals surface area contributed by atoms with E-state index < -0.39 is 0 Å². The van der Waals surface area contributed by atoms with Crippen LogP contribution < -0.4 is 5.73 Å². The highest BCUT2D eigenvalue weighted by molar-refractivity contribution is 6.33. The van der Waals surface area contributed by atoms with Crippen molar-refractivity contribution in [3.05, 3.63) is 64.2 Å². The minimum atomic E-state index is -0.0981. The summed E-state index contributed by atoms with van der Waals surface area (Å²) in [6.45, 7) is 5.16. The lowest BCUT2D eigenvalue weighted by atomic mass is 10.1. The first-order valence-electron chi connectivity index (χ1n) is 6.91. The van der Waals surface area contributed by atoms with Crippen LogP contribution in [0, 0.1) is 6.92 Å². The fraction of sp³-hybridized carbons (Fsp3) is 0.235. The molecule has 3 nitrogen and oxygen atoms in total. The number of para-hydroxylation sites is 1. The van der Waals surface area contributed by atoms with Crippen LogP contribution in [0.5, 0.6) is 0 Å². The van der Waals surface area contributed by atoms with E-state index >= 15 is 0 Å². The Labute approximate surface area is 130 Å². The molecule has 2 aromatic rings. The van der Waals surface area contributed by atoms with Gasteiger partial charge in [0.25, 0.3) is 5.91 Å². The first-order chi connectivity index (χ1) is 10.0. The largest absolute Gasteiger partial charge is 0.397 e. The highest BCUT2D eigenvalue weighted by Gasteiger charge is 2.18. The third kappa shape index (κ3) is 3.56. The molecule has 0 aliphatic carbocycles. The van der Waals surface area contributed by atoms with Crippen LogP contribution in [0.15, 0.2) is 42.5 Å². The molecule has 0 saturated heterocycles. The minimum Gasteiger partial charge on any atom is -0.397 e. The molecule has 0 aliphatic heterocycles. The monoisotopic (exact) mass is 302 g/mol. The number of hydrogen-bond acceptors (Lipinski definition) is 2. The van der Waals surface area contributed by atoms with Crippen molar-refractivity contribution in [3.8, 4) is 0 Å². The van der Waals surface area contributed by atoms with Crippen molar-refractivity contribution in [2.24, 2.45) is 0 Å². The highest BCUT2D eigenvalue weighted by atomic mass is 35.5. The second kappa shape index (κ2) is 6.64. The molecule has 110 valence electrons. The van der Waals surface area contributed by atoms with Crippen molar-refractivity contribution in [2.45, 2.75) is 20.4 Å². The van der Waals surface area contributed by atoms with E-state index in [1.54, 1.807) is 23.1 Å². The number of halogens is 1. The lowest BCUT2D eigenvalue weighted by molar-refractivity contribution is 0.0753. The molecule has 0 aromatic heterocycles. The van der Waals surface area contributed by atoms with Crippen molar-refractivity contribution in [1.82, 2.24) is 4.90 Å². The second-order valence-electron chi connectivity index (χ2n) is 5.01. The van der Waals surface area contributed by atoms with Gasteiger partial charge in [0.1, 0.15) is 0 Å². The molecule has 0 spiro atoms. The van der Waals surface area contributed by atoms with Crippen LogP contribution in [-0.4, -0.2) is 17.4 Å². The molecule has 21 heavy (non-hydrogen) atoms. The van der Waals surface area contributed by atoms with Gasteiger partial charge in [0.15, 0.2) is 0 Å². The quantitative estimate of drug-likeness (QED) is 0.871. The molecule has 0 atom stereocenters. The highest BCUT2D eigenvalue weighted by Crippen LogP contribution is 2.24. The van der Waals surface area contributed by atoms with Gasteiger partial charge in [0.05, 0.1) is 16.3 Å². The van der Waals surface area contributed by atoms with Gasteiger partial charge in [0, 0.05) is 13.1 Å². The Hall–Kier alpha value is -2.00. The maximum atomic E-state index is 12.6. The van der Waals surface area contributed by atoms with Crippen LogP contribution in [0.25, 0.3) is 0 Å². The van der Waals surface area contributed by atoms with Gasteiger partial charge in [-0.1, -0.05) is 47.5 Å². The smallest absolute Gasteiger partial charge is 0.256 e. The zero-order valence-corrected chi connectivity index (χ0v) is 13.0. The molecule has 0 saturated carbocycles. The Bertz CT molecular complexity index is 655. The number of nitrogen functional groups attached to an aromatic ring is 1. The minimum absolute atomic E-state index is 0.0981. The van der Waals surface area contributed by atoms with Crippen LogP contribution in [-0.2, 0) is 6.54 Å². The summed E-state index contributed by atoms with van der Waals surface area (Å²) in [6, 6.07) is 13.3. The van der Waals surface area contributed by atoms with Crippen molar-refractivity contribution >= 4 is 23.2 Å². The van der Waals surface area contributed by atoms with E-state index in [2.05, 4.69) is 6.07 Å². The summed E-state index contributed by atoms with van der Waals surface area (Å²) < 4.78 is 0. The van der Waals surface area contributed by atoms with Gasteiger partial charge in [-0.2, -0.15) is 0 Å². The maximum absolute atomic E-state index is 12.6. The third-order valence-electron chi connectivity index (χ3n) is 3.41. The van der Waals surface area contributed by atoms with Gasteiger partial charge < -0.3 is 10.6 Å². The van der Waals surface area contributed by atoms with Crippen LogP contribution in [0.4, 0.5) is 5.69 Å². The Balaban J connectivity index is 2.25. The zero-order chi connectivity index (χ0) is 15.4. The second-order valence-corrected chi connectivity index (χ2v) is 5.42. The SMILES string of the molecule is CCN(Cc1cccc(C)c1)C(=O)c1cccc(Cl)c1N. The van der Waals surface area contributed by atoms with Crippen molar-refractivity contribution in [3.63, 3.8) is 0 Å². The van der Waals surface area contributed by atoms with E-state index in [0.29, 0.717) is 29.4 Å². The third-order valence-corrected chi connectivity index (χ3v) is 3.74. The Kier molecular flexibility index (Phi) is 4.86. The predicted molar refractivity (Wildman–Crippen MR) is 87.5 cm³/mol. The fourth-order valence-corrected chi connectivity index (χ4v) is 2.43. The number of aryl methyl sites for hydroxylation is 1. The van der Waals surface area contributed by atoms with E-state index in [9.17, 15) is 4.79 Å². The summed E-state index contributed by atoms with van der Waals surface area (Å²) in [7, 11) is 0. The summed E-state index contributed by atoms with van der Waals surface area (Å²) in [5, 5.41) is 0.410. The molecule has 4 heteroatoms. The number of hydrogen-bond donors (Lipinski definition) is 1. The average molecular weight is 303 g/mol. The zero-order valence-electron chi connectivity index (χ0n) is 12.3. The van der Waals surface area contributed by atoms with Gasteiger partial charge in [0.2, 0.25) is 0 Å². The van der Waals surface area contributed by atoms with Gasteiger partial charge >= 0.3 is 0 Å². The number of rotatable bonds is 4. The standard InChI is InChI=1S/C17H19ClN2O/c1-3-20(11-13-7-4-6-12(2)10-13)17(21)14-8-5-9-15(18)16(14)19/h4-10H,3,11,19H2,1-2H3. The first-order valence-corrected chi connectivity index (χ1v) is 7.29. The summed E-state index contributed by atoms with van der Waals surface area (Å²) >= 11 is 5.99. The molecular formula is C17H19ClN2O. The molecule has 0 heterocycles. The number of nitrogens with two attached hydrogens (primary N) is 1. The molecular weight excluding hydrogens is 284 g/mol. The van der Waals surface area contributed by atoms with Crippen LogP contribution in [0.2, 0.25) is 5.02 Å². The molecule has 0 fully saturated rings. The van der Waals surface area contributed by atoms with Crippen LogP contribution >= 0.6 is 11.6 Å². The van der Waals surface area contributed by atoms with Crippen LogP contribution in [0.1, 0.15) is 28.4 Å². The lowest BCUT2D eigenvalue weighted by Gasteiger charge is -2.22. The van der Waals surface area contributed by atoms with Gasteiger partial charge in [-0.25, -0.2) is 0 Å². The molecule has 2 aromatic carbocycles. The first kappa shape index (κ1) is 15.4. The summed E-state index contributed by atoms with van der Waals surface area (Å²) in [6.07, 6.45) is 0. The number of nitrogens with zero attached hydrogens (tertiary/aromatic N) is 1. The summed E-state index contributed by atoms with van der Waals surface area (Å²) in [5.74, 6) is -0.0981. The van der Waals surface area contributed by atoms with Crippen molar-refractivity contribution in [2.75, 3.05) is 12.3 Å². The molecule has 0 unspecified atom stereocenters. The van der Waals surface area contributed by atoms with Crippen molar-refractivity contribution < 1.29 is 4.79 Å². The van der Waals surface area contributed by atoms with Gasteiger partial charge in [-0.15, -0.1) is 0 Å². The van der Waals surface area contributed by atoms with E-state index in [1.165, 1.54) is 5.56 Å². The number of anilines is 1. The number of carbonyl (C=O) groups is 1. The molecule has 1 amide bonds. The van der Waals surface area contributed by atoms with Crippen LogP contribution in [0.3, 0.4) is 0 Å². The summed E-state index contributed by atoms with van der Waals surface area (Å²) in [4.78, 5) is 14.4. The van der Waals surface area contributed by atoms with E-state index in [0.717, 1.165) is 5.56 Å². The Morgan fingerprint density at radius 3 is 2.62 bits per heavy atom. The molecule has 0 radical (unpaired) electrons. The topological polar surface area (TPSA) is 46.3 Å². The lowest BCUT2D eigenvalue weighted by Crippen LogP contribution is -2.31. The number of amides is 1. The fourth-order valence-electron chi connectivity index (χ4n) is 2.25. The molecule has 2 N–H and O–H groups in total. The Morgan fingerprint density at radius 1 is 1.24 bits per heavy atom. The summed E-state index contributed by atoms with van der Waals surface area (Å²) in [5.41, 5.74) is 8.99. The number of carbonyl (C=O) groups excluding carboxylic acids is 1. The van der Waals surface area contributed by atoms with Gasteiger partial charge in [-0.3, -0.25) is 4.79 Å². The van der Waals surface area contributed by atoms with Crippen molar-refractivity contribution in [1.29, 1.82) is 0 Å². The molecule has 2 rings (SSSR count). The molecule has 0 aliphatic rings.